The van der Waals surface area contributed by atoms with Crippen LogP contribution in [0.1, 0.15) is 60.7 Å². The van der Waals surface area contributed by atoms with E-state index in [1.54, 1.807) is 12.1 Å². The summed E-state index contributed by atoms with van der Waals surface area (Å²) in [4.78, 5) is 0. The number of anilines is 1. The van der Waals surface area contributed by atoms with Gasteiger partial charge in [0.1, 0.15) is 5.82 Å². The van der Waals surface area contributed by atoms with Gasteiger partial charge in [0.05, 0.1) is 11.7 Å². The first-order valence-corrected chi connectivity index (χ1v) is 7.67. The van der Waals surface area contributed by atoms with Crippen molar-refractivity contribution in [1.82, 2.24) is 10.2 Å². The number of hydrogen-bond donors (Lipinski definition) is 1. The molecule has 118 valence electrons. The summed E-state index contributed by atoms with van der Waals surface area (Å²) in [5, 5.41) is 12.0. The van der Waals surface area contributed by atoms with Gasteiger partial charge in [0.15, 0.2) is 5.82 Å². The molecule has 1 aromatic carbocycles. The first-order valence-electron chi connectivity index (χ1n) is 7.67. The number of aromatic nitrogens is 2. The Bertz CT molecular complexity index is 657. The van der Waals surface area contributed by atoms with Gasteiger partial charge in [0.2, 0.25) is 0 Å². The van der Waals surface area contributed by atoms with Crippen LogP contribution in [0, 0.1) is 26.6 Å². The fraction of sp³-hybridized carbons (Fsp3) is 0.444. The van der Waals surface area contributed by atoms with Gasteiger partial charge >= 0.3 is 0 Å². The van der Waals surface area contributed by atoms with E-state index in [2.05, 4.69) is 42.4 Å². The van der Waals surface area contributed by atoms with Gasteiger partial charge in [-0.25, -0.2) is 4.39 Å². The van der Waals surface area contributed by atoms with Gasteiger partial charge in [0, 0.05) is 0 Å². The molecule has 0 fully saturated rings. The van der Waals surface area contributed by atoms with Gasteiger partial charge in [-0.1, -0.05) is 13.8 Å². The molecule has 1 atom stereocenters. The molecule has 0 saturated heterocycles. The second-order valence-electron chi connectivity index (χ2n) is 6.27. The van der Waals surface area contributed by atoms with E-state index in [0.717, 1.165) is 33.8 Å². The van der Waals surface area contributed by atoms with E-state index in [0.29, 0.717) is 5.92 Å². The average Bonchev–Trinajstić information content (AvgIpc) is 2.39. The van der Waals surface area contributed by atoms with Crippen LogP contribution in [0.4, 0.5) is 10.2 Å². The van der Waals surface area contributed by atoms with Crippen LogP contribution in [0.2, 0.25) is 0 Å². The lowest BCUT2D eigenvalue weighted by Crippen LogP contribution is -2.13. The van der Waals surface area contributed by atoms with Crippen LogP contribution in [0.3, 0.4) is 0 Å². The Kier molecular flexibility index (Phi) is 4.79. The minimum atomic E-state index is -0.191. The summed E-state index contributed by atoms with van der Waals surface area (Å²) in [7, 11) is 0. The van der Waals surface area contributed by atoms with Gasteiger partial charge in [-0.05, 0) is 74.1 Å². The second-order valence-corrected chi connectivity index (χ2v) is 6.27. The Morgan fingerprint density at radius 3 is 2.00 bits per heavy atom. The van der Waals surface area contributed by atoms with Crippen LogP contribution in [-0.4, -0.2) is 10.2 Å². The van der Waals surface area contributed by atoms with E-state index < -0.39 is 0 Å². The summed E-state index contributed by atoms with van der Waals surface area (Å²) in [6.45, 7) is 12.2. The standard InChI is InChI=1S/C18H24FN3/c1-10(2)16-9-13(5)18(22-21-16)20-14(6)17-11(3)7-15(19)8-12(17)4/h7-10,14H,1-6H3,(H,20,22)/t14-/m1/s1. The molecule has 2 rings (SSSR count). The maximum Gasteiger partial charge on any atom is 0.152 e. The maximum atomic E-state index is 13.4. The number of rotatable bonds is 4. The molecule has 0 spiro atoms. The smallest absolute Gasteiger partial charge is 0.152 e. The molecule has 0 radical (unpaired) electrons. The zero-order valence-electron chi connectivity index (χ0n) is 14.2. The van der Waals surface area contributed by atoms with Crippen molar-refractivity contribution in [2.45, 2.75) is 53.5 Å². The highest BCUT2D eigenvalue weighted by Crippen LogP contribution is 2.27. The molecule has 1 aromatic heterocycles. The molecule has 0 saturated carbocycles. The van der Waals surface area contributed by atoms with Crippen LogP contribution in [-0.2, 0) is 0 Å². The fourth-order valence-corrected chi connectivity index (χ4v) is 2.81. The third kappa shape index (κ3) is 3.43. The Balaban J connectivity index is 2.28. The molecule has 22 heavy (non-hydrogen) atoms. The highest BCUT2D eigenvalue weighted by molar-refractivity contribution is 5.47. The predicted molar refractivity (Wildman–Crippen MR) is 88.8 cm³/mol. The normalized spacial score (nSPS) is 12.5. The second kappa shape index (κ2) is 6.42. The number of aryl methyl sites for hydroxylation is 3. The third-order valence-corrected chi connectivity index (χ3v) is 3.94. The van der Waals surface area contributed by atoms with E-state index in [9.17, 15) is 4.39 Å². The Morgan fingerprint density at radius 2 is 1.50 bits per heavy atom. The van der Waals surface area contributed by atoms with Crippen molar-refractivity contribution < 1.29 is 4.39 Å². The zero-order chi connectivity index (χ0) is 16.4. The molecule has 3 nitrogen and oxygen atoms in total. The first-order chi connectivity index (χ1) is 10.3. The number of hydrogen-bond acceptors (Lipinski definition) is 3. The van der Waals surface area contributed by atoms with Crippen molar-refractivity contribution in [2.75, 3.05) is 5.32 Å². The molecule has 0 aliphatic rings. The summed E-state index contributed by atoms with van der Waals surface area (Å²) < 4.78 is 13.4. The zero-order valence-corrected chi connectivity index (χ0v) is 14.2. The van der Waals surface area contributed by atoms with E-state index >= 15 is 0 Å². The van der Waals surface area contributed by atoms with E-state index in [4.69, 9.17) is 0 Å². The molecule has 0 amide bonds. The lowest BCUT2D eigenvalue weighted by atomic mass is 9.96. The topological polar surface area (TPSA) is 37.8 Å². The molecule has 0 bridgehead atoms. The van der Waals surface area contributed by atoms with Crippen LogP contribution in [0.25, 0.3) is 0 Å². The Hall–Kier alpha value is -1.97. The van der Waals surface area contributed by atoms with Gasteiger partial charge < -0.3 is 5.32 Å². The summed E-state index contributed by atoms with van der Waals surface area (Å²) in [6.07, 6.45) is 0. The minimum Gasteiger partial charge on any atom is -0.362 e. The molecule has 4 heteroatoms. The van der Waals surface area contributed by atoms with Crippen LogP contribution >= 0.6 is 0 Å². The molecule has 1 heterocycles. The van der Waals surface area contributed by atoms with E-state index in [1.807, 2.05) is 20.8 Å². The van der Waals surface area contributed by atoms with E-state index in [-0.39, 0.29) is 11.9 Å². The quantitative estimate of drug-likeness (QED) is 0.878. The average molecular weight is 301 g/mol. The minimum absolute atomic E-state index is 0.0403. The van der Waals surface area contributed by atoms with Crippen molar-refractivity contribution >= 4 is 5.82 Å². The van der Waals surface area contributed by atoms with E-state index in [1.165, 1.54) is 0 Å². The molecular weight excluding hydrogens is 277 g/mol. The van der Waals surface area contributed by atoms with Gasteiger partial charge in [-0.2, -0.15) is 5.10 Å². The summed E-state index contributed by atoms with van der Waals surface area (Å²) in [5.41, 5.74) is 5.06. The predicted octanol–water partition coefficient (Wildman–Crippen LogP) is 4.84. The molecule has 2 aromatic rings. The molecule has 0 aliphatic carbocycles. The van der Waals surface area contributed by atoms with Crippen molar-refractivity contribution in [3.63, 3.8) is 0 Å². The highest BCUT2D eigenvalue weighted by atomic mass is 19.1. The lowest BCUT2D eigenvalue weighted by Gasteiger charge is -2.21. The summed E-state index contributed by atoms with van der Waals surface area (Å²) in [6, 6.07) is 5.25. The van der Waals surface area contributed by atoms with Gasteiger partial charge in [-0.3, -0.25) is 0 Å². The summed E-state index contributed by atoms with van der Waals surface area (Å²) in [5.74, 6) is 0.947. The number of nitrogens with one attached hydrogen (secondary N) is 1. The largest absolute Gasteiger partial charge is 0.362 e. The first kappa shape index (κ1) is 16.4. The van der Waals surface area contributed by atoms with Crippen molar-refractivity contribution in [1.29, 1.82) is 0 Å². The number of halogens is 1. The summed E-state index contributed by atoms with van der Waals surface area (Å²) >= 11 is 0. The third-order valence-electron chi connectivity index (χ3n) is 3.94. The van der Waals surface area contributed by atoms with Gasteiger partial charge in [0.25, 0.3) is 0 Å². The van der Waals surface area contributed by atoms with Crippen LogP contribution in [0.15, 0.2) is 18.2 Å². The number of benzene rings is 1. The SMILES string of the molecule is Cc1cc(C(C)C)nnc1N[C@H](C)c1c(C)cc(F)cc1C. The van der Waals surface area contributed by atoms with Crippen LogP contribution in [0.5, 0.6) is 0 Å². The maximum absolute atomic E-state index is 13.4. The molecule has 0 unspecified atom stereocenters. The van der Waals surface area contributed by atoms with Crippen molar-refractivity contribution in [2.24, 2.45) is 0 Å². The monoisotopic (exact) mass is 301 g/mol. The fourth-order valence-electron chi connectivity index (χ4n) is 2.81. The molecule has 1 N–H and O–H groups in total. The number of nitrogens with zero attached hydrogens (tertiary/aromatic N) is 2. The van der Waals surface area contributed by atoms with Crippen LogP contribution < -0.4 is 5.32 Å². The lowest BCUT2D eigenvalue weighted by molar-refractivity contribution is 0.623. The molecule has 0 aliphatic heterocycles. The highest BCUT2D eigenvalue weighted by Gasteiger charge is 2.15. The van der Waals surface area contributed by atoms with Gasteiger partial charge in [-0.15, -0.1) is 5.10 Å². The molecular formula is C18H24FN3. The Labute approximate surface area is 132 Å². The Morgan fingerprint density at radius 1 is 0.909 bits per heavy atom. The van der Waals surface area contributed by atoms with Crippen molar-refractivity contribution in [3.8, 4) is 0 Å². The van der Waals surface area contributed by atoms with Crippen molar-refractivity contribution in [3.05, 3.63) is 52.0 Å².